The summed E-state index contributed by atoms with van der Waals surface area (Å²) in [4.78, 5) is 26.0. The van der Waals surface area contributed by atoms with E-state index in [0.717, 1.165) is 12.1 Å². The van der Waals surface area contributed by atoms with Gasteiger partial charge in [0.25, 0.3) is 0 Å². The Morgan fingerprint density at radius 3 is 2.57 bits per heavy atom. The number of benzene rings is 1. The molecule has 1 aromatic carbocycles. The molecule has 1 aliphatic heterocycles. The molecule has 0 bridgehead atoms. The number of nitrogens with one attached hydrogen (secondary N) is 1. The van der Waals surface area contributed by atoms with Gasteiger partial charge in [-0.3, -0.25) is 4.79 Å². The average Bonchev–Trinajstić information content (AvgIpc) is 2.40. The van der Waals surface area contributed by atoms with Crippen molar-refractivity contribution in [3.05, 3.63) is 30.3 Å². The highest BCUT2D eigenvalue weighted by atomic mass is 16.6. The first-order chi connectivity index (χ1) is 9.87. The molecule has 1 atom stereocenters. The SMILES string of the molecule is CC(C)(C)OC(=O)NC1CCCN(c2ccccc2)C1=O. The van der Waals surface area contributed by atoms with E-state index in [0.29, 0.717) is 13.0 Å². The number of ether oxygens (including phenoxy) is 1. The minimum Gasteiger partial charge on any atom is -0.444 e. The Kier molecular flexibility index (Phi) is 4.50. The summed E-state index contributed by atoms with van der Waals surface area (Å²) in [6, 6.07) is 8.98. The Balaban J connectivity index is 2.02. The van der Waals surface area contributed by atoms with Crippen molar-refractivity contribution in [3.8, 4) is 0 Å². The highest BCUT2D eigenvalue weighted by Crippen LogP contribution is 2.21. The number of hydrogen-bond acceptors (Lipinski definition) is 3. The molecule has 21 heavy (non-hydrogen) atoms. The van der Waals surface area contributed by atoms with Crippen molar-refractivity contribution in [2.75, 3.05) is 11.4 Å². The zero-order chi connectivity index (χ0) is 15.5. The van der Waals surface area contributed by atoms with Crippen molar-refractivity contribution >= 4 is 17.7 Å². The number of piperidine rings is 1. The fraction of sp³-hybridized carbons (Fsp3) is 0.500. The molecule has 1 fully saturated rings. The van der Waals surface area contributed by atoms with Gasteiger partial charge in [-0.15, -0.1) is 0 Å². The number of rotatable bonds is 2. The molecular formula is C16H22N2O3. The number of anilines is 1. The van der Waals surface area contributed by atoms with Crippen molar-refractivity contribution in [3.63, 3.8) is 0 Å². The van der Waals surface area contributed by atoms with Crippen LogP contribution < -0.4 is 10.2 Å². The maximum Gasteiger partial charge on any atom is 0.408 e. The molecule has 1 unspecified atom stereocenters. The Morgan fingerprint density at radius 2 is 1.95 bits per heavy atom. The lowest BCUT2D eigenvalue weighted by molar-refractivity contribution is -0.121. The van der Waals surface area contributed by atoms with Gasteiger partial charge >= 0.3 is 6.09 Å². The van der Waals surface area contributed by atoms with E-state index in [-0.39, 0.29) is 5.91 Å². The second-order valence-electron chi connectivity index (χ2n) is 6.17. The quantitative estimate of drug-likeness (QED) is 0.911. The van der Waals surface area contributed by atoms with E-state index >= 15 is 0 Å². The Hall–Kier alpha value is -2.04. The Bertz CT molecular complexity index is 508. The van der Waals surface area contributed by atoms with Crippen LogP contribution in [0.5, 0.6) is 0 Å². The molecule has 2 rings (SSSR count). The largest absolute Gasteiger partial charge is 0.444 e. The van der Waals surface area contributed by atoms with E-state index in [1.165, 1.54) is 0 Å². The number of hydrogen-bond donors (Lipinski definition) is 1. The van der Waals surface area contributed by atoms with Crippen molar-refractivity contribution < 1.29 is 14.3 Å². The molecule has 0 radical (unpaired) electrons. The fourth-order valence-corrected chi connectivity index (χ4v) is 2.32. The maximum atomic E-state index is 12.5. The molecule has 1 N–H and O–H groups in total. The molecule has 5 nitrogen and oxygen atoms in total. The monoisotopic (exact) mass is 290 g/mol. The predicted octanol–water partition coefficient (Wildman–Crippen LogP) is 2.71. The zero-order valence-electron chi connectivity index (χ0n) is 12.8. The minimum atomic E-state index is -0.569. The van der Waals surface area contributed by atoms with Gasteiger partial charge in [0.2, 0.25) is 5.91 Å². The van der Waals surface area contributed by atoms with Crippen LogP contribution in [-0.4, -0.2) is 30.2 Å². The molecule has 114 valence electrons. The van der Waals surface area contributed by atoms with Crippen molar-refractivity contribution in [2.45, 2.75) is 45.3 Å². The van der Waals surface area contributed by atoms with Gasteiger partial charge in [0.15, 0.2) is 0 Å². The van der Waals surface area contributed by atoms with E-state index in [1.807, 2.05) is 30.3 Å². The summed E-state index contributed by atoms with van der Waals surface area (Å²) in [5, 5.41) is 2.67. The van der Waals surface area contributed by atoms with Crippen molar-refractivity contribution in [1.29, 1.82) is 0 Å². The standard InChI is InChI=1S/C16H22N2O3/c1-16(2,3)21-15(20)17-13-10-7-11-18(14(13)19)12-8-5-4-6-9-12/h4-6,8-9,13H,7,10-11H2,1-3H3,(H,17,20). The topological polar surface area (TPSA) is 58.6 Å². The van der Waals surface area contributed by atoms with Crippen LogP contribution in [-0.2, 0) is 9.53 Å². The normalized spacial score (nSPS) is 19.3. The van der Waals surface area contributed by atoms with E-state index in [9.17, 15) is 9.59 Å². The smallest absolute Gasteiger partial charge is 0.408 e. The second kappa shape index (κ2) is 6.16. The molecule has 0 saturated carbocycles. The van der Waals surface area contributed by atoms with Gasteiger partial charge in [0.05, 0.1) is 0 Å². The number of amides is 2. The van der Waals surface area contributed by atoms with Crippen LogP contribution in [0.25, 0.3) is 0 Å². The zero-order valence-corrected chi connectivity index (χ0v) is 12.8. The van der Waals surface area contributed by atoms with Gasteiger partial charge in [0.1, 0.15) is 11.6 Å². The van der Waals surface area contributed by atoms with E-state index < -0.39 is 17.7 Å². The molecule has 1 aromatic rings. The number of nitrogens with zero attached hydrogens (tertiary/aromatic N) is 1. The van der Waals surface area contributed by atoms with Gasteiger partial charge in [-0.2, -0.15) is 0 Å². The number of carbonyl (C=O) groups is 2. The van der Waals surface area contributed by atoms with Crippen LogP contribution in [0.2, 0.25) is 0 Å². The van der Waals surface area contributed by atoms with E-state index in [2.05, 4.69) is 5.32 Å². The third-order valence-corrected chi connectivity index (χ3v) is 3.20. The molecule has 1 saturated heterocycles. The Morgan fingerprint density at radius 1 is 1.29 bits per heavy atom. The summed E-state index contributed by atoms with van der Waals surface area (Å²) in [7, 11) is 0. The van der Waals surface area contributed by atoms with E-state index in [4.69, 9.17) is 4.74 Å². The molecule has 1 aliphatic rings. The molecule has 2 amide bonds. The fourth-order valence-electron chi connectivity index (χ4n) is 2.32. The van der Waals surface area contributed by atoms with E-state index in [1.54, 1.807) is 25.7 Å². The summed E-state index contributed by atoms with van der Waals surface area (Å²) in [5.41, 5.74) is 0.291. The van der Waals surface area contributed by atoms with Gasteiger partial charge in [-0.1, -0.05) is 18.2 Å². The first-order valence-electron chi connectivity index (χ1n) is 7.23. The number of carbonyl (C=O) groups excluding carboxylic acids is 2. The number of alkyl carbamates (subject to hydrolysis) is 1. The first kappa shape index (κ1) is 15.4. The molecular weight excluding hydrogens is 268 g/mol. The van der Waals surface area contributed by atoms with Crippen LogP contribution in [0.15, 0.2) is 30.3 Å². The van der Waals surface area contributed by atoms with Crippen LogP contribution in [0.3, 0.4) is 0 Å². The van der Waals surface area contributed by atoms with Gasteiger partial charge in [-0.25, -0.2) is 4.79 Å². The molecule has 0 spiro atoms. The summed E-state index contributed by atoms with van der Waals surface area (Å²) < 4.78 is 5.21. The lowest BCUT2D eigenvalue weighted by Gasteiger charge is -2.33. The summed E-state index contributed by atoms with van der Waals surface area (Å²) >= 11 is 0. The summed E-state index contributed by atoms with van der Waals surface area (Å²) in [6.07, 6.45) is 0.943. The van der Waals surface area contributed by atoms with Crippen LogP contribution in [0.4, 0.5) is 10.5 Å². The maximum absolute atomic E-state index is 12.5. The molecule has 5 heteroatoms. The highest BCUT2D eigenvalue weighted by Gasteiger charge is 2.31. The lowest BCUT2D eigenvalue weighted by Crippen LogP contribution is -2.53. The van der Waals surface area contributed by atoms with Crippen molar-refractivity contribution in [1.82, 2.24) is 5.32 Å². The minimum absolute atomic E-state index is 0.0849. The van der Waals surface area contributed by atoms with Crippen LogP contribution in [0, 0.1) is 0 Å². The lowest BCUT2D eigenvalue weighted by atomic mass is 10.0. The number of para-hydroxylation sites is 1. The predicted molar refractivity (Wildman–Crippen MR) is 81.2 cm³/mol. The van der Waals surface area contributed by atoms with Gasteiger partial charge in [-0.05, 0) is 45.7 Å². The third-order valence-electron chi connectivity index (χ3n) is 3.20. The first-order valence-corrected chi connectivity index (χ1v) is 7.23. The third kappa shape index (κ3) is 4.21. The van der Waals surface area contributed by atoms with Gasteiger partial charge in [0, 0.05) is 12.2 Å². The average molecular weight is 290 g/mol. The summed E-state index contributed by atoms with van der Waals surface area (Å²) in [6.45, 7) is 6.07. The molecule has 0 aliphatic carbocycles. The Labute approximate surface area is 125 Å². The molecule has 0 aromatic heterocycles. The highest BCUT2D eigenvalue weighted by molar-refractivity contribution is 5.99. The van der Waals surface area contributed by atoms with Crippen LogP contribution >= 0.6 is 0 Å². The summed E-state index contributed by atoms with van der Waals surface area (Å²) in [5.74, 6) is -0.0849. The second-order valence-corrected chi connectivity index (χ2v) is 6.17. The van der Waals surface area contributed by atoms with Crippen molar-refractivity contribution in [2.24, 2.45) is 0 Å². The van der Waals surface area contributed by atoms with Crippen LogP contribution in [0.1, 0.15) is 33.6 Å². The van der Waals surface area contributed by atoms with Gasteiger partial charge < -0.3 is 15.0 Å². The molecule has 1 heterocycles.